The van der Waals surface area contributed by atoms with Gasteiger partial charge in [0, 0.05) is 6.92 Å². The Balaban J connectivity index is 1.98. The maximum atomic E-state index is 11.7. The Kier molecular flexibility index (Phi) is 3.44. The predicted molar refractivity (Wildman–Crippen MR) is 65.3 cm³/mol. The average Bonchev–Trinajstić information content (AvgIpc) is 2.96. The second kappa shape index (κ2) is 4.87. The SMILES string of the molecule is Cc1nc(C(=O)NCC(C)(O)c2ccsc2)no1. The summed E-state index contributed by atoms with van der Waals surface area (Å²) < 4.78 is 4.71. The number of hydrogen-bond acceptors (Lipinski definition) is 6. The smallest absolute Gasteiger partial charge is 0.292 e. The number of thiophene rings is 1. The van der Waals surface area contributed by atoms with Crippen molar-refractivity contribution in [2.45, 2.75) is 19.4 Å². The van der Waals surface area contributed by atoms with Crippen molar-refractivity contribution >= 4 is 17.2 Å². The molecule has 18 heavy (non-hydrogen) atoms. The van der Waals surface area contributed by atoms with E-state index in [1.54, 1.807) is 13.8 Å². The van der Waals surface area contributed by atoms with Crippen LogP contribution in [-0.4, -0.2) is 27.7 Å². The Morgan fingerprint density at radius 2 is 2.44 bits per heavy atom. The number of aryl methyl sites for hydroxylation is 1. The second-order valence-corrected chi connectivity index (χ2v) is 4.89. The van der Waals surface area contributed by atoms with Crippen molar-refractivity contribution < 1.29 is 14.4 Å². The van der Waals surface area contributed by atoms with Gasteiger partial charge in [0.05, 0.1) is 6.54 Å². The van der Waals surface area contributed by atoms with Crippen LogP contribution < -0.4 is 5.32 Å². The van der Waals surface area contributed by atoms with Crippen LogP contribution in [0.3, 0.4) is 0 Å². The highest BCUT2D eigenvalue weighted by atomic mass is 32.1. The van der Waals surface area contributed by atoms with Gasteiger partial charge in [0.1, 0.15) is 5.60 Å². The molecule has 0 fully saturated rings. The Morgan fingerprint density at radius 1 is 1.67 bits per heavy atom. The van der Waals surface area contributed by atoms with Crippen LogP contribution in [0, 0.1) is 6.92 Å². The number of rotatable bonds is 4. The van der Waals surface area contributed by atoms with E-state index in [4.69, 9.17) is 4.52 Å². The highest BCUT2D eigenvalue weighted by Crippen LogP contribution is 2.21. The van der Waals surface area contributed by atoms with E-state index in [0.29, 0.717) is 5.89 Å². The second-order valence-electron chi connectivity index (χ2n) is 4.11. The van der Waals surface area contributed by atoms with E-state index in [2.05, 4.69) is 15.5 Å². The monoisotopic (exact) mass is 267 g/mol. The van der Waals surface area contributed by atoms with Crippen LogP contribution in [0.1, 0.15) is 29.0 Å². The number of carbonyl (C=O) groups excluding carboxylic acids is 1. The minimum atomic E-state index is -1.12. The van der Waals surface area contributed by atoms with Gasteiger partial charge in [-0.2, -0.15) is 16.3 Å². The Bertz CT molecular complexity index is 533. The Hall–Kier alpha value is -1.73. The van der Waals surface area contributed by atoms with Crippen molar-refractivity contribution in [3.05, 3.63) is 34.1 Å². The first-order valence-corrected chi connectivity index (χ1v) is 6.27. The molecule has 0 bridgehead atoms. The molecular weight excluding hydrogens is 254 g/mol. The van der Waals surface area contributed by atoms with Crippen molar-refractivity contribution in [3.63, 3.8) is 0 Å². The lowest BCUT2D eigenvalue weighted by atomic mass is 9.99. The molecule has 0 spiro atoms. The molecule has 2 aromatic rings. The first-order valence-electron chi connectivity index (χ1n) is 5.32. The number of amides is 1. The molecule has 2 N–H and O–H groups in total. The highest BCUT2D eigenvalue weighted by molar-refractivity contribution is 7.08. The van der Waals surface area contributed by atoms with E-state index in [-0.39, 0.29) is 12.4 Å². The molecule has 96 valence electrons. The summed E-state index contributed by atoms with van der Waals surface area (Å²) >= 11 is 1.49. The molecule has 1 amide bonds. The number of nitrogens with one attached hydrogen (secondary N) is 1. The van der Waals surface area contributed by atoms with Crippen molar-refractivity contribution in [2.75, 3.05) is 6.54 Å². The topological polar surface area (TPSA) is 88.2 Å². The zero-order valence-electron chi connectivity index (χ0n) is 10.0. The summed E-state index contributed by atoms with van der Waals surface area (Å²) in [5.74, 6) is -0.180. The van der Waals surface area contributed by atoms with E-state index in [0.717, 1.165) is 5.56 Å². The number of nitrogens with zero attached hydrogens (tertiary/aromatic N) is 2. The summed E-state index contributed by atoms with van der Waals surface area (Å²) in [5, 5.41) is 20.0. The zero-order valence-corrected chi connectivity index (χ0v) is 10.8. The maximum Gasteiger partial charge on any atom is 0.292 e. The van der Waals surface area contributed by atoms with Gasteiger partial charge in [-0.05, 0) is 29.3 Å². The number of carbonyl (C=O) groups is 1. The van der Waals surface area contributed by atoms with E-state index in [1.807, 2.05) is 16.8 Å². The van der Waals surface area contributed by atoms with Crippen molar-refractivity contribution in [1.29, 1.82) is 0 Å². The van der Waals surface area contributed by atoms with Crippen LogP contribution in [0.15, 0.2) is 21.3 Å². The quantitative estimate of drug-likeness (QED) is 0.865. The van der Waals surface area contributed by atoms with Gasteiger partial charge in [-0.25, -0.2) is 0 Å². The van der Waals surface area contributed by atoms with Crippen LogP contribution in [-0.2, 0) is 5.60 Å². The van der Waals surface area contributed by atoms with Gasteiger partial charge in [0.25, 0.3) is 11.7 Å². The van der Waals surface area contributed by atoms with E-state index in [9.17, 15) is 9.90 Å². The fourth-order valence-electron chi connectivity index (χ4n) is 1.40. The molecule has 2 rings (SSSR count). The van der Waals surface area contributed by atoms with Crippen LogP contribution >= 0.6 is 11.3 Å². The minimum Gasteiger partial charge on any atom is -0.384 e. The molecule has 0 saturated heterocycles. The molecule has 1 atom stereocenters. The summed E-state index contributed by atoms with van der Waals surface area (Å²) in [6.45, 7) is 3.32. The maximum absolute atomic E-state index is 11.7. The third kappa shape index (κ3) is 2.74. The molecule has 0 aliphatic carbocycles. The first kappa shape index (κ1) is 12.7. The Labute approximate surface area is 108 Å². The van der Waals surface area contributed by atoms with Crippen molar-refractivity contribution in [1.82, 2.24) is 15.5 Å². The molecule has 0 aromatic carbocycles. The molecule has 7 heteroatoms. The summed E-state index contributed by atoms with van der Waals surface area (Å²) in [7, 11) is 0. The van der Waals surface area contributed by atoms with Gasteiger partial charge in [-0.3, -0.25) is 4.79 Å². The lowest BCUT2D eigenvalue weighted by Gasteiger charge is -2.22. The average molecular weight is 267 g/mol. The van der Waals surface area contributed by atoms with Crippen LogP contribution in [0.4, 0.5) is 0 Å². The minimum absolute atomic E-state index is 0.0337. The van der Waals surface area contributed by atoms with E-state index in [1.165, 1.54) is 11.3 Å². The summed E-state index contributed by atoms with van der Waals surface area (Å²) in [6, 6.07) is 1.81. The fraction of sp³-hybridized carbons (Fsp3) is 0.364. The van der Waals surface area contributed by atoms with Gasteiger partial charge in [0.15, 0.2) is 0 Å². The number of aromatic nitrogens is 2. The third-order valence-corrected chi connectivity index (χ3v) is 3.15. The molecule has 0 radical (unpaired) electrons. The summed E-state index contributed by atoms with van der Waals surface area (Å²) in [6.07, 6.45) is 0. The molecule has 0 saturated carbocycles. The van der Waals surface area contributed by atoms with Crippen LogP contribution in [0.2, 0.25) is 0 Å². The van der Waals surface area contributed by atoms with Crippen LogP contribution in [0.25, 0.3) is 0 Å². The standard InChI is InChI=1S/C11H13N3O3S/c1-7-13-9(14-17-7)10(15)12-6-11(2,16)8-3-4-18-5-8/h3-5,16H,6H2,1-2H3,(H,12,15). The highest BCUT2D eigenvalue weighted by Gasteiger charge is 2.25. The predicted octanol–water partition coefficient (Wildman–Crippen LogP) is 1.08. The number of aliphatic hydroxyl groups is 1. The summed E-state index contributed by atoms with van der Waals surface area (Å²) in [4.78, 5) is 15.5. The molecule has 6 nitrogen and oxygen atoms in total. The molecule has 2 aromatic heterocycles. The van der Waals surface area contributed by atoms with Gasteiger partial charge in [0.2, 0.25) is 5.89 Å². The van der Waals surface area contributed by atoms with E-state index >= 15 is 0 Å². The fourth-order valence-corrected chi connectivity index (χ4v) is 2.18. The molecular formula is C11H13N3O3S. The Morgan fingerprint density at radius 3 is 3.00 bits per heavy atom. The van der Waals surface area contributed by atoms with E-state index < -0.39 is 11.5 Å². The summed E-state index contributed by atoms with van der Waals surface area (Å²) in [5.41, 5.74) is -0.355. The molecule has 0 aliphatic rings. The molecule has 1 unspecified atom stereocenters. The van der Waals surface area contributed by atoms with Crippen molar-refractivity contribution in [3.8, 4) is 0 Å². The third-order valence-electron chi connectivity index (χ3n) is 2.47. The van der Waals surface area contributed by atoms with Gasteiger partial charge < -0.3 is 14.9 Å². The zero-order chi connectivity index (χ0) is 13.2. The largest absolute Gasteiger partial charge is 0.384 e. The van der Waals surface area contributed by atoms with Crippen molar-refractivity contribution in [2.24, 2.45) is 0 Å². The normalized spacial score (nSPS) is 14.2. The van der Waals surface area contributed by atoms with Gasteiger partial charge in [-0.15, -0.1) is 0 Å². The number of hydrogen-bond donors (Lipinski definition) is 2. The first-order chi connectivity index (χ1) is 8.49. The molecule has 0 aliphatic heterocycles. The van der Waals surface area contributed by atoms with Gasteiger partial charge >= 0.3 is 0 Å². The van der Waals surface area contributed by atoms with Crippen LogP contribution in [0.5, 0.6) is 0 Å². The lowest BCUT2D eigenvalue weighted by molar-refractivity contribution is 0.0526. The lowest BCUT2D eigenvalue weighted by Crippen LogP contribution is -2.38. The molecule has 2 heterocycles. The van der Waals surface area contributed by atoms with Gasteiger partial charge in [-0.1, -0.05) is 5.16 Å².